The number of aromatic nitrogens is 2. The van der Waals surface area contributed by atoms with Crippen LogP contribution in [0, 0.1) is 11.7 Å². The van der Waals surface area contributed by atoms with Crippen LogP contribution in [0.3, 0.4) is 0 Å². The molecule has 2 aromatic rings. The van der Waals surface area contributed by atoms with Crippen LogP contribution in [0.5, 0.6) is 0 Å². The maximum Gasteiger partial charge on any atom is 0.123 e. The van der Waals surface area contributed by atoms with Crippen molar-refractivity contribution < 1.29 is 4.39 Å². The van der Waals surface area contributed by atoms with Gasteiger partial charge in [0.05, 0.1) is 6.20 Å². The first kappa shape index (κ1) is 15.2. The molecule has 0 unspecified atom stereocenters. The van der Waals surface area contributed by atoms with Crippen molar-refractivity contribution in [3.05, 3.63) is 42.0 Å². The number of piperidine rings is 1. The molecular weight excluding hydrogens is 277 g/mol. The third kappa shape index (κ3) is 3.38. The van der Waals surface area contributed by atoms with Gasteiger partial charge in [-0.15, -0.1) is 0 Å². The molecule has 1 aliphatic rings. The Labute approximate surface area is 131 Å². The first-order valence-electron chi connectivity index (χ1n) is 8.15. The highest BCUT2D eigenvalue weighted by atomic mass is 19.1. The average molecular weight is 301 g/mol. The predicted octanol–water partition coefficient (Wildman–Crippen LogP) is 4.05. The summed E-state index contributed by atoms with van der Waals surface area (Å²) in [5.74, 6) is 0.936. The number of nitrogens with one attached hydrogen (secondary N) is 1. The van der Waals surface area contributed by atoms with E-state index in [1.54, 1.807) is 12.1 Å². The molecule has 1 atom stereocenters. The van der Waals surface area contributed by atoms with E-state index in [0.717, 1.165) is 29.9 Å². The maximum atomic E-state index is 13.5. The number of hydrogen-bond acceptors (Lipinski definition) is 2. The van der Waals surface area contributed by atoms with Gasteiger partial charge in [-0.05, 0) is 43.0 Å². The zero-order valence-corrected chi connectivity index (χ0v) is 13.3. The van der Waals surface area contributed by atoms with Gasteiger partial charge < -0.3 is 4.90 Å². The number of aromatic amines is 1. The second-order valence-electron chi connectivity index (χ2n) is 6.70. The number of likely N-dealkylation sites (tertiary alicyclic amines) is 1. The highest BCUT2D eigenvalue weighted by molar-refractivity contribution is 5.65. The SMILES string of the molecule is CC(C)CN1CCC[C@@H](c2[nH]ncc2-c2cccc(F)c2)C1. The van der Waals surface area contributed by atoms with Gasteiger partial charge in [-0.2, -0.15) is 5.10 Å². The second-order valence-corrected chi connectivity index (χ2v) is 6.70. The van der Waals surface area contributed by atoms with E-state index < -0.39 is 0 Å². The van der Waals surface area contributed by atoms with Gasteiger partial charge in [0.1, 0.15) is 5.82 Å². The Kier molecular flexibility index (Phi) is 4.57. The molecule has 1 aromatic carbocycles. The number of halogens is 1. The molecule has 22 heavy (non-hydrogen) atoms. The van der Waals surface area contributed by atoms with Gasteiger partial charge in [0.25, 0.3) is 0 Å². The largest absolute Gasteiger partial charge is 0.302 e. The van der Waals surface area contributed by atoms with Gasteiger partial charge in [-0.25, -0.2) is 4.39 Å². The summed E-state index contributed by atoms with van der Waals surface area (Å²) < 4.78 is 13.5. The zero-order chi connectivity index (χ0) is 15.5. The van der Waals surface area contributed by atoms with Crippen LogP contribution in [0.4, 0.5) is 4.39 Å². The van der Waals surface area contributed by atoms with E-state index in [1.165, 1.54) is 25.5 Å². The van der Waals surface area contributed by atoms with E-state index in [1.807, 2.05) is 12.3 Å². The number of hydrogen-bond donors (Lipinski definition) is 1. The molecule has 0 aliphatic carbocycles. The molecule has 1 fully saturated rings. The quantitative estimate of drug-likeness (QED) is 0.924. The van der Waals surface area contributed by atoms with Gasteiger partial charge in [-0.1, -0.05) is 26.0 Å². The van der Waals surface area contributed by atoms with E-state index >= 15 is 0 Å². The van der Waals surface area contributed by atoms with Crippen LogP contribution in [0.2, 0.25) is 0 Å². The third-order valence-corrected chi connectivity index (χ3v) is 4.34. The minimum absolute atomic E-state index is 0.199. The predicted molar refractivity (Wildman–Crippen MR) is 87.2 cm³/mol. The van der Waals surface area contributed by atoms with Gasteiger partial charge in [-0.3, -0.25) is 5.10 Å². The van der Waals surface area contributed by atoms with Gasteiger partial charge in [0.2, 0.25) is 0 Å². The fourth-order valence-corrected chi connectivity index (χ4v) is 3.47. The van der Waals surface area contributed by atoms with Crippen molar-refractivity contribution in [1.29, 1.82) is 0 Å². The average Bonchev–Trinajstić information content (AvgIpc) is 2.96. The summed E-state index contributed by atoms with van der Waals surface area (Å²) >= 11 is 0. The lowest BCUT2D eigenvalue weighted by molar-refractivity contribution is 0.186. The Hall–Kier alpha value is -1.68. The number of nitrogens with zero attached hydrogens (tertiary/aromatic N) is 2. The number of H-pyrrole nitrogens is 1. The lowest BCUT2D eigenvalue weighted by Crippen LogP contribution is -2.37. The van der Waals surface area contributed by atoms with E-state index in [2.05, 4.69) is 28.9 Å². The highest BCUT2D eigenvalue weighted by Gasteiger charge is 2.25. The summed E-state index contributed by atoms with van der Waals surface area (Å²) in [5, 5.41) is 7.39. The van der Waals surface area contributed by atoms with Crippen molar-refractivity contribution in [2.24, 2.45) is 5.92 Å². The molecule has 0 saturated carbocycles. The Bertz CT molecular complexity index is 620. The summed E-state index contributed by atoms with van der Waals surface area (Å²) in [6.45, 7) is 7.90. The van der Waals surface area contributed by atoms with Gasteiger partial charge >= 0.3 is 0 Å². The monoisotopic (exact) mass is 301 g/mol. The molecule has 0 radical (unpaired) electrons. The van der Waals surface area contributed by atoms with E-state index in [0.29, 0.717) is 11.8 Å². The molecule has 3 rings (SSSR count). The van der Waals surface area contributed by atoms with Crippen LogP contribution in [0.25, 0.3) is 11.1 Å². The van der Waals surface area contributed by atoms with Crippen LogP contribution in [0.15, 0.2) is 30.5 Å². The molecule has 4 heteroatoms. The summed E-state index contributed by atoms with van der Waals surface area (Å²) in [6, 6.07) is 6.77. The standard InChI is InChI=1S/C18H24FN3/c1-13(2)11-22-8-4-6-15(12-22)18-17(10-20-21-18)14-5-3-7-16(19)9-14/h3,5,7,9-10,13,15H,4,6,8,11-12H2,1-2H3,(H,20,21)/t15-/m1/s1. The molecule has 2 heterocycles. The second kappa shape index (κ2) is 6.61. The lowest BCUT2D eigenvalue weighted by atomic mass is 9.90. The summed E-state index contributed by atoms with van der Waals surface area (Å²) in [5.41, 5.74) is 3.10. The van der Waals surface area contributed by atoms with Gasteiger partial charge in [0, 0.05) is 30.3 Å². The van der Waals surface area contributed by atoms with Crippen molar-refractivity contribution in [2.45, 2.75) is 32.6 Å². The highest BCUT2D eigenvalue weighted by Crippen LogP contribution is 2.33. The molecule has 1 saturated heterocycles. The van der Waals surface area contributed by atoms with E-state index in [9.17, 15) is 4.39 Å². The van der Waals surface area contributed by atoms with Gasteiger partial charge in [0.15, 0.2) is 0 Å². The molecule has 3 nitrogen and oxygen atoms in total. The Balaban J connectivity index is 1.82. The minimum atomic E-state index is -0.199. The van der Waals surface area contributed by atoms with Crippen molar-refractivity contribution in [1.82, 2.24) is 15.1 Å². The lowest BCUT2D eigenvalue weighted by Gasteiger charge is -2.33. The fourth-order valence-electron chi connectivity index (χ4n) is 3.47. The van der Waals surface area contributed by atoms with E-state index in [4.69, 9.17) is 0 Å². The molecule has 0 amide bonds. The van der Waals surface area contributed by atoms with Crippen molar-refractivity contribution >= 4 is 0 Å². The van der Waals surface area contributed by atoms with Crippen LogP contribution < -0.4 is 0 Å². The fraction of sp³-hybridized carbons (Fsp3) is 0.500. The van der Waals surface area contributed by atoms with Crippen LogP contribution >= 0.6 is 0 Å². The normalized spacial score (nSPS) is 19.7. The molecule has 0 bridgehead atoms. The van der Waals surface area contributed by atoms with Crippen molar-refractivity contribution in [3.63, 3.8) is 0 Å². The molecule has 1 aromatic heterocycles. The third-order valence-electron chi connectivity index (χ3n) is 4.34. The Morgan fingerprint density at radius 1 is 1.41 bits per heavy atom. The number of benzene rings is 1. The van der Waals surface area contributed by atoms with Crippen LogP contribution in [0.1, 0.15) is 38.3 Å². The maximum absolute atomic E-state index is 13.5. The van der Waals surface area contributed by atoms with Crippen molar-refractivity contribution in [3.8, 4) is 11.1 Å². The Morgan fingerprint density at radius 2 is 2.27 bits per heavy atom. The first-order valence-corrected chi connectivity index (χ1v) is 8.15. The van der Waals surface area contributed by atoms with Crippen LogP contribution in [-0.4, -0.2) is 34.7 Å². The van der Waals surface area contributed by atoms with Crippen molar-refractivity contribution in [2.75, 3.05) is 19.6 Å². The summed E-state index contributed by atoms with van der Waals surface area (Å²) in [6.07, 6.45) is 4.20. The Morgan fingerprint density at radius 3 is 3.05 bits per heavy atom. The summed E-state index contributed by atoms with van der Waals surface area (Å²) in [4.78, 5) is 2.54. The molecule has 0 spiro atoms. The molecular formula is C18H24FN3. The van der Waals surface area contributed by atoms with E-state index in [-0.39, 0.29) is 5.82 Å². The smallest absolute Gasteiger partial charge is 0.123 e. The number of rotatable bonds is 4. The first-order chi connectivity index (χ1) is 10.6. The topological polar surface area (TPSA) is 31.9 Å². The molecule has 1 aliphatic heterocycles. The summed E-state index contributed by atoms with van der Waals surface area (Å²) in [7, 11) is 0. The minimum Gasteiger partial charge on any atom is -0.302 e. The molecule has 118 valence electrons. The zero-order valence-electron chi connectivity index (χ0n) is 13.3. The van der Waals surface area contributed by atoms with Crippen LogP contribution in [-0.2, 0) is 0 Å². The molecule has 1 N–H and O–H groups in total.